The van der Waals surface area contributed by atoms with E-state index in [-0.39, 0.29) is 16.1 Å². The predicted octanol–water partition coefficient (Wildman–Crippen LogP) is -0.229. The molecule has 1 aromatic rings. The number of nitrogen functional groups attached to an aromatic ring is 1. The molecular formula is C8H10N2O3S. The summed E-state index contributed by atoms with van der Waals surface area (Å²) in [5.74, 6) is -0.706. The number of carbonyl (C=O) groups excluding carboxylic acids is 1. The van der Waals surface area contributed by atoms with E-state index in [0.717, 1.165) is 6.26 Å². The first-order chi connectivity index (χ1) is 6.30. The number of carbonyl (C=O) groups is 1. The summed E-state index contributed by atoms with van der Waals surface area (Å²) >= 11 is 0. The largest absolute Gasteiger partial charge is 0.399 e. The van der Waals surface area contributed by atoms with Crippen LogP contribution < -0.4 is 11.5 Å². The first-order valence-electron chi connectivity index (χ1n) is 3.71. The maximum absolute atomic E-state index is 11.2. The minimum atomic E-state index is -3.37. The molecule has 0 saturated carbocycles. The number of nitrogens with two attached hydrogens (primary N) is 2. The number of rotatable bonds is 2. The topological polar surface area (TPSA) is 103 Å². The van der Waals surface area contributed by atoms with Gasteiger partial charge in [-0.2, -0.15) is 0 Å². The average molecular weight is 214 g/mol. The van der Waals surface area contributed by atoms with Crippen LogP contribution >= 0.6 is 0 Å². The maximum atomic E-state index is 11.2. The van der Waals surface area contributed by atoms with Crippen LogP contribution in [-0.2, 0) is 9.84 Å². The SMILES string of the molecule is CS(=O)(=O)c1cc(N)cc(C(N)=O)c1. The Bertz CT molecular complexity index is 479. The third-order valence-corrected chi connectivity index (χ3v) is 2.73. The fourth-order valence-electron chi connectivity index (χ4n) is 0.978. The van der Waals surface area contributed by atoms with E-state index in [1.165, 1.54) is 18.2 Å². The van der Waals surface area contributed by atoms with Gasteiger partial charge in [0.05, 0.1) is 4.90 Å². The summed E-state index contributed by atoms with van der Waals surface area (Å²) in [6.07, 6.45) is 1.03. The van der Waals surface area contributed by atoms with Crippen molar-refractivity contribution in [2.24, 2.45) is 5.73 Å². The zero-order valence-electron chi connectivity index (χ0n) is 7.52. The van der Waals surface area contributed by atoms with Crippen molar-refractivity contribution in [3.05, 3.63) is 23.8 Å². The van der Waals surface area contributed by atoms with Gasteiger partial charge in [-0.1, -0.05) is 0 Å². The van der Waals surface area contributed by atoms with E-state index in [2.05, 4.69) is 0 Å². The first-order valence-corrected chi connectivity index (χ1v) is 5.60. The highest BCUT2D eigenvalue weighted by molar-refractivity contribution is 7.90. The lowest BCUT2D eigenvalue weighted by Gasteiger charge is -2.02. The van der Waals surface area contributed by atoms with Crippen LogP contribution in [0.15, 0.2) is 23.1 Å². The van der Waals surface area contributed by atoms with Crippen molar-refractivity contribution in [2.75, 3.05) is 12.0 Å². The molecule has 1 amide bonds. The summed E-state index contributed by atoms with van der Waals surface area (Å²) < 4.78 is 22.3. The summed E-state index contributed by atoms with van der Waals surface area (Å²) in [5.41, 5.74) is 10.7. The number of sulfone groups is 1. The molecule has 76 valence electrons. The fourth-order valence-corrected chi connectivity index (χ4v) is 1.67. The Hall–Kier alpha value is -1.56. The molecule has 6 heteroatoms. The van der Waals surface area contributed by atoms with E-state index in [0.29, 0.717) is 0 Å². The Balaban J connectivity index is 3.43. The molecule has 0 aromatic heterocycles. The molecule has 14 heavy (non-hydrogen) atoms. The number of anilines is 1. The van der Waals surface area contributed by atoms with Crippen molar-refractivity contribution in [3.8, 4) is 0 Å². The van der Waals surface area contributed by atoms with Gasteiger partial charge in [-0.3, -0.25) is 4.79 Å². The van der Waals surface area contributed by atoms with Crippen LogP contribution in [0.2, 0.25) is 0 Å². The lowest BCUT2D eigenvalue weighted by molar-refractivity contribution is 0.1000. The normalized spacial score (nSPS) is 11.2. The molecule has 0 unspecified atom stereocenters. The van der Waals surface area contributed by atoms with E-state index in [9.17, 15) is 13.2 Å². The predicted molar refractivity (Wildman–Crippen MR) is 52.5 cm³/mol. The van der Waals surface area contributed by atoms with Crippen LogP contribution in [0.1, 0.15) is 10.4 Å². The number of hydrogen-bond acceptors (Lipinski definition) is 4. The van der Waals surface area contributed by atoms with Gasteiger partial charge in [-0.25, -0.2) is 8.42 Å². The summed E-state index contributed by atoms with van der Waals surface area (Å²) in [5, 5.41) is 0. The van der Waals surface area contributed by atoms with Crippen LogP contribution in [0, 0.1) is 0 Å². The molecule has 0 bridgehead atoms. The fraction of sp³-hybridized carbons (Fsp3) is 0.125. The molecule has 0 atom stereocenters. The van der Waals surface area contributed by atoms with Crippen LogP contribution in [0.25, 0.3) is 0 Å². The number of amides is 1. The van der Waals surface area contributed by atoms with Gasteiger partial charge in [0.1, 0.15) is 0 Å². The summed E-state index contributed by atoms with van der Waals surface area (Å²) in [7, 11) is -3.37. The summed E-state index contributed by atoms with van der Waals surface area (Å²) in [6, 6.07) is 3.81. The molecule has 0 heterocycles. The molecular weight excluding hydrogens is 204 g/mol. The first kappa shape index (κ1) is 10.5. The van der Waals surface area contributed by atoms with Gasteiger partial charge in [0.15, 0.2) is 9.84 Å². The van der Waals surface area contributed by atoms with E-state index < -0.39 is 15.7 Å². The Morgan fingerprint density at radius 3 is 2.29 bits per heavy atom. The molecule has 4 N–H and O–H groups in total. The smallest absolute Gasteiger partial charge is 0.248 e. The van der Waals surface area contributed by atoms with Crippen molar-refractivity contribution < 1.29 is 13.2 Å². The lowest BCUT2D eigenvalue weighted by Crippen LogP contribution is -2.12. The van der Waals surface area contributed by atoms with Gasteiger partial charge in [0.25, 0.3) is 0 Å². The van der Waals surface area contributed by atoms with Gasteiger partial charge in [-0.15, -0.1) is 0 Å². The quantitative estimate of drug-likeness (QED) is 0.663. The standard InChI is InChI=1S/C8H10N2O3S/c1-14(12,13)7-3-5(8(10)11)2-6(9)4-7/h2-4H,9H2,1H3,(H2,10,11). The van der Waals surface area contributed by atoms with Crippen LogP contribution in [0.5, 0.6) is 0 Å². The van der Waals surface area contributed by atoms with Gasteiger partial charge in [-0.05, 0) is 18.2 Å². The molecule has 0 aliphatic carbocycles. The Labute approximate surface area is 81.6 Å². The Morgan fingerprint density at radius 1 is 1.29 bits per heavy atom. The van der Waals surface area contributed by atoms with Crippen molar-refractivity contribution in [3.63, 3.8) is 0 Å². The van der Waals surface area contributed by atoms with Gasteiger partial charge < -0.3 is 11.5 Å². The monoisotopic (exact) mass is 214 g/mol. The van der Waals surface area contributed by atoms with E-state index >= 15 is 0 Å². The Kier molecular flexibility index (Phi) is 2.48. The number of hydrogen-bond donors (Lipinski definition) is 2. The zero-order valence-corrected chi connectivity index (χ0v) is 8.34. The second-order valence-electron chi connectivity index (χ2n) is 2.93. The van der Waals surface area contributed by atoms with Crippen molar-refractivity contribution in [1.29, 1.82) is 0 Å². The third-order valence-electron chi connectivity index (χ3n) is 1.64. The summed E-state index contributed by atoms with van der Waals surface area (Å²) in [6.45, 7) is 0. The second kappa shape index (κ2) is 3.30. The highest BCUT2D eigenvalue weighted by Crippen LogP contribution is 2.16. The molecule has 1 rings (SSSR count). The van der Waals surface area contributed by atoms with Crippen molar-refractivity contribution in [1.82, 2.24) is 0 Å². The van der Waals surface area contributed by atoms with Crippen LogP contribution in [0.3, 0.4) is 0 Å². The van der Waals surface area contributed by atoms with Crippen molar-refractivity contribution in [2.45, 2.75) is 4.90 Å². The molecule has 1 aromatic carbocycles. The van der Waals surface area contributed by atoms with E-state index in [1.807, 2.05) is 0 Å². The van der Waals surface area contributed by atoms with Crippen molar-refractivity contribution >= 4 is 21.4 Å². The minimum absolute atomic E-state index is 0.00806. The zero-order chi connectivity index (χ0) is 10.9. The molecule has 0 saturated heterocycles. The number of benzene rings is 1. The highest BCUT2D eigenvalue weighted by atomic mass is 32.2. The minimum Gasteiger partial charge on any atom is -0.399 e. The second-order valence-corrected chi connectivity index (χ2v) is 4.94. The molecule has 0 aliphatic heterocycles. The van der Waals surface area contributed by atoms with Gasteiger partial charge in [0, 0.05) is 17.5 Å². The number of primary amides is 1. The van der Waals surface area contributed by atoms with Gasteiger partial charge in [0.2, 0.25) is 5.91 Å². The maximum Gasteiger partial charge on any atom is 0.248 e. The van der Waals surface area contributed by atoms with E-state index in [1.54, 1.807) is 0 Å². The molecule has 5 nitrogen and oxygen atoms in total. The molecule has 0 aliphatic rings. The molecule has 0 spiro atoms. The molecule has 0 radical (unpaired) electrons. The van der Waals surface area contributed by atoms with Crippen LogP contribution in [-0.4, -0.2) is 20.6 Å². The average Bonchev–Trinajstić information content (AvgIpc) is 2.01. The molecule has 0 fully saturated rings. The summed E-state index contributed by atoms with van der Waals surface area (Å²) in [4.78, 5) is 10.8. The Morgan fingerprint density at radius 2 is 1.86 bits per heavy atom. The van der Waals surface area contributed by atoms with Gasteiger partial charge >= 0.3 is 0 Å². The highest BCUT2D eigenvalue weighted by Gasteiger charge is 2.11. The third kappa shape index (κ3) is 2.23. The van der Waals surface area contributed by atoms with E-state index in [4.69, 9.17) is 11.5 Å². The van der Waals surface area contributed by atoms with Crippen LogP contribution in [0.4, 0.5) is 5.69 Å². The lowest BCUT2D eigenvalue weighted by atomic mass is 10.2.